The van der Waals surface area contributed by atoms with Crippen LogP contribution in [0, 0.1) is 17.8 Å². The average molecular weight is 228 g/mol. The molecule has 2 N–H and O–H groups in total. The van der Waals surface area contributed by atoms with Crippen LogP contribution in [0.4, 0.5) is 0 Å². The second-order valence-corrected chi connectivity index (χ2v) is 5.45. The smallest absolute Gasteiger partial charge is 0.234 e. The van der Waals surface area contributed by atoms with E-state index in [2.05, 4.69) is 45.3 Å². The molecule has 2 unspecified atom stereocenters. The van der Waals surface area contributed by atoms with Crippen LogP contribution in [0.5, 0.6) is 0 Å². The van der Waals surface area contributed by atoms with Gasteiger partial charge in [-0.2, -0.15) is 0 Å². The van der Waals surface area contributed by atoms with Gasteiger partial charge in [0.2, 0.25) is 5.91 Å². The Hall–Kier alpha value is -0.570. The molecule has 0 aromatic heterocycles. The lowest BCUT2D eigenvalue weighted by atomic mass is 9.98. The number of hydrogen-bond donors (Lipinski definition) is 2. The van der Waals surface area contributed by atoms with Crippen molar-refractivity contribution in [3.8, 4) is 0 Å². The summed E-state index contributed by atoms with van der Waals surface area (Å²) >= 11 is 0. The molecule has 0 saturated carbocycles. The topological polar surface area (TPSA) is 41.1 Å². The first-order chi connectivity index (χ1) is 7.34. The molecule has 2 atom stereocenters. The van der Waals surface area contributed by atoms with Gasteiger partial charge in [0.05, 0.1) is 6.54 Å². The highest BCUT2D eigenvalue weighted by atomic mass is 16.1. The maximum Gasteiger partial charge on any atom is 0.234 e. The van der Waals surface area contributed by atoms with E-state index in [-0.39, 0.29) is 11.9 Å². The predicted molar refractivity (Wildman–Crippen MR) is 69.3 cm³/mol. The van der Waals surface area contributed by atoms with Crippen molar-refractivity contribution in [3.05, 3.63) is 0 Å². The zero-order valence-electron chi connectivity index (χ0n) is 11.6. The number of nitrogens with one attached hydrogen (secondary N) is 2. The van der Waals surface area contributed by atoms with Crippen LogP contribution in [0.15, 0.2) is 0 Å². The third-order valence-electron chi connectivity index (χ3n) is 3.28. The molecule has 0 aromatic carbocycles. The first-order valence-electron chi connectivity index (χ1n) is 6.34. The van der Waals surface area contributed by atoms with Crippen molar-refractivity contribution in [1.29, 1.82) is 0 Å². The quantitative estimate of drug-likeness (QED) is 0.700. The lowest BCUT2D eigenvalue weighted by molar-refractivity contribution is -0.121. The first-order valence-corrected chi connectivity index (χ1v) is 6.34. The molecule has 0 aromatic rings. The average Bonchev–Trinajstić information content (AvgIpc) is 2.16. The van der Waals surface area contributed by atoms with E-state index in [0.29, 0.717) is 24.3 Å². The molecule has 1 amide bonds. The third kappa shape index (κ3) is 6.83. The van der Waals surface area contributed by atoms with Crippen molar-refractivity contribution in [3.63, 3.8) is 0 Å². The molecule has 0 aliphatic heterocycles. The minimum absolute atomic E-state index is 0.0946. The Kier molecular flexibility index (Phi) is 7.39. The summed E-state index contributed by atoms with van der Waals surface area (Å²) in [6, 6.07) is 0.247. The van der Waals surface area contributed by atoms with Crippen molar-refractivity contribution >= 4 is 5.91 Å². The van der Waals surface area contributed by atoms with Gasteiger partial charge in [-0.25, -0.2) is 0 Å². The van der Waals surface area contributed by atoms with Crippen molar-refractivity contribution in [2.24, 2.45) is 17.8 Å². The molecule has 0 aliphatic rings. The molecule has 16 heavy (non-hydrogen) atoms. The molecular formula is C13H28N2O. The van der Waals surface area contributed by atoms with E-state index in [1.165, 1.54) is 0 Å². The summed E-state index contributed by atoms with van der Waals surface area (Å²) in [6.45, 7) is 14.2. The zero-order chi connectivity index (χ0) is 12.7. The van der Waals surface area contributed by atoms with E-state index in [1.54, 1.807) is 0 Å². The summed E-state index contributed by atoms with van der Waals surface area (Å²) in [5, 5.41) is 6.18. The van der Waals surface area contributed by atoms with Crippen LogP contribution in [0.3, 0.4) is 0 Å². The number of hydrogen-bond acceptors (Lipinski definition) is 2. The summed E-state index contributed by atoms with van der Waals surface area (Å²) < 4.78 is 0. The van der Waals surface area contributed by atoms with Crippen LogP contribution in [0.2, 0.25) is 0 Å². The molecule has 0 bridgehead atoms. The molecule has 3 nitrogen and oxygen atoms in total. The number of carbonyl (C=O) groups is 1. The molecule has 96 valence electrons. The Morgan fingerprint density at radius 1 is 1.00 bits per heavy atom. The van der Waals surface area contributed by atoms with Crippen LogP contribution < -0.4 is 10.6 Å². The first kappa shape index (κ1) is 15.4. The van der Waals surface area contributed by atoms with E-state index in [4.69, 9.17) is 0 Å². The van der Waals surface area contributed by atoms with Crippen molar-refractivity contribution in [1.82, 2.24) is 10.6 Å². The van der Waals surface area contributed by atoms with Gasteiger partial charge in [-0.1, -0.05) is 34.6 Å². The van der Waals surface area contributed by atoms with Gasteiger partial charge in [0.1, 0.15) is 0 Å². The van der Waals surface area contributed by atoms with E-state index in [1.807, 2.05) is 6.92 Å². The minimum atomic E-state index is 0.0946. The van der Waals surface area contributed by atoms with Crippen LogP contribution in [-0.4, -0.2) is 25.0 Å². The van der Waals surface area contributed by atoms with Gasteiger partial charge in [-0.15, -0.1) is 0 Å². The minimum Gasteiger partial charge on any atom is -0.352 e. The summed E-state index contributed by atoms with van der Waals surface area (Å²) in [4.78, 5) is 11.5. The fraction of sp³-hybridized carbons (Fsp3) is 0.923. The van der Waals surface area contributed by atoms with E-state index in [9.17, 15) is 4.79 Å². The Morgan fingerprint density at radius 2 is 1.56 bits per heavy atom. The predicted octanol–water partition coefficient (Wildman–Crippen LogP) is 2.03. The highest BCUT2D eigenvalue weighted by Crippen LogP contribution is 2.07. The fourth-order valence-corrected chi connectivity index (χ4v) is 1.12. The summed E-state index contributed by atoms with van der Waals surface area (Å²) in [6.07, 6.45) is 0. The van der Waals surface area contributed by atoms with Gasteiger partial charge in [0.15, 0.2) is 0 Å². The highest BCUT2D eigenvalue weighted by Gasteiger charge is 2.11. The van der Waals surface area contributed by atoms with Gasteiger partial charge < -0.3 is 10.6 Å². The van der Waals surface area contributed by atoms with Crippen molar-refractivity contribution in [2.75, 3.05) is 13.1 Å². The lowest BCUT2D eigenvalue weighted by Crippen LogP contribution is -2.42. The van der Waals surface area contributed by atoms with Crippen LogP contribution in [0.25, 0.3) is 0 Å². The van der Waals surface area contributed by atoms with Crippen LogP contribution in [0.1, 0.15) is 41.5 Å². The standard InChI is InChI=1S/C13H28N2O/c1-9(2)11(5)7-14-8-13(16)15-12(6)10(3)4/h9-12,14H,7-8H2,1-6H3,(H,15,16). The second kappa shape index (κ2) is 7.66. The second-order valence-electron chi connectivity index (χ2n) is 5.45. The van der Waals surface area contributed by atoms with Gasteiger partial charge in [0, 0.05) is 6.04 Å². The Bertz CT molecular complexity index is 202. The molecule has 3 heteroatoms. The maximum absolute atomic E-state index is 11.5. The third-order valence-corrected chi connectivity index (χ3v) is 3.28. The van der Waals surface area contributed by atoms with Crippen molar-refractivity contribution in [2.45, 2.75) is 47.6 Å². The maximum atomic E-state index is 11.5. The van der Waals surface area contributed by atoms with Crippen LogP contribution in [-0.2, 0) is 4.79 Å². The highest BCUT2D eigenvalue weighted by molar-refractivity contribution is 5.78. The summed E-state index contributed by atoms with van der Waals surface area (Å²) in [7, 11) is 0. The largest absolute Gasteiger partial charge is 0.352 e. The Morgan fingerprint density at radius 3 is 2.00 bits per heavy atom. The van der Waals surface area contributed by atoms with Gasteiger partial charge in [0.25, 0.3) is 0 Å². The van der Waals surface area contributed by atoms with E-state index < -0.39 is 0 Å². The Labute approximate surface area is 100 Å². The van der Waals surface area contributed by atoms with Gasteiger partial charge in [-0.05, 0) is 31.2 Å². The molecule has 0 spiro atoms. The summed E-state index contributed by atoms with van der Waals surface area (Å²) in [5.41, 5.74) is 0. The molecule has 0 saturated heterocycles. The molecule has 0 rings (SSSR count). The fourth-order valence-electron chi connectivity index (χ4n) is 1.12. The number of rotatable bonds is 7. The van der Waals surface area contributed by atoms with Gasteiger partial charge >= 0.3 is 0 Å². The normalized spacial score (nSPS) is 15.2. The van der Waals surface area contributed by atoms with Crippen molar-refractivity contribution < 1.29 is 4.79 Å². The Balaban J connectivity index is 3.66. The lowest BCUT2D eigenvalue weighted by Gasteiger charge is -2.19. The monoisotopic (exact) mass is 228 g/mol. The van der Waals surface area contributed by atoms with Crippen LogP contribution >= 0.6 is 0 Å². The zero-order valence-corrected chi connectivity index (χ0v) is 11.6. The molecule has 0 fully saturated rings. The molecule has 0 heterocycles. The number of carbonyl (C=O) groups excluding carboxylic acids is 1. The molecule has 0 aliphatic carbocycles. The number of amides is 1. The molecular weight excluding hydrogens is 200 g/mol. The summed E-state index contributed by atoms with van der Waals surface area (Å²) in [5.74, 6) is 1.84. The SMILES string of the molecule is CC(C)C(C)CNCC(=O)NC(C)C(C)C. The van der Waals surface area contributed by atoms with E-state index in [0.717, 1.165) is 6.54 Å². The van der Waals surface area contributed by atoms with E-state index >= 15 is 0 Å². The van der Waals surface area contributed by atoms with Gasteiger partial charge in [-0.3, -0.25) is 4.79 Å². The molecule has 0 radical (unpaired) electrons.